The van der Waals surface area contributed by atoms with Crippen LogP contribution in [0.4, 0.5) is 10.9 Å². The van der Waals surface area contributed by atoms with E-state index in [0.717, 1.165) is 22.1 Å². The number of anilines is 2. The van der Waals surface area contributed by atoms with Crippen LogP contribution in [0.15, 0.2) is 12.1 Å². The number of benzene rings is 1. The van der Waals surface area contributed by atoms with E-state index in [0.29, 0.717) is 29.5 Å². The number of hydrogen-bond donors (Lipinski definition) is 2. The van der Waals surface area contributed by atoms with Gasteiger partial charge in [0.25, 0.3) is 0 Å². The first kappa shape index (κ1) is 15.1. The molecule has 2 aromatic rings. The van der Waals surface area contributed by atoms with Crippen molar-refractivity contribution in [3.8, 4) is 17.2 Å². The van der Waals surface area contributed by atoms with Crippen LogP contribution in [0.2, 0.25) is 0 Å². The van der Waals surface area contributed by atoms with E-state index in [4.69, 9.17) is 14.2 Å². The number of methoxy groups -OCH3 is 1. The lowest BCUT2D eigenvalue weighted by Crippen LogP contribution is -2.22. The minimum atomic E-state index is -0.0814. The van der Waals surface area contributed by atoms with Crippen LogP contribution >= 0.6 is 11.3 Å². The number of aromatic nitrogens is 1. The summed E-state index contributed by atoms with van der Waals surface area (Å²) in [4.78, 5) is 17.6. The Morgan fingerprint density at radius 3 is 3.12 bits per heavy atom. The Morgan fingerprint density at radius 1 is 1.46 bits per heavy atom. The molecular formula is C16H17N3O4S. The topological polar surface area (TPSA) is 81.7 Å². The fourth-order valence-electron chi connectivity index (χ4n) is 2.97. The Bertz CT molecular complexity index is 805. The van der Waals surface area contributed by atoms with Gasteiger partial charge in [-0.3, -0.25) is 4.79 Å². The molecule has 1 unspecified atom stereocenters. The first-order valence-corrected chi connectivity index (χ1v) is 8.53. The Kier molecular flexibility index (Phi) is 3.68. The highest BCUT2D eigenvalue weighted by atomic mass is 32.1. The second kappa shape index (κ2) is 5.86. The number of amides is 1. The number of carbonyl (C=O) groups excluding carboxylic acids is 1. The zero-order chi connectivity index (χ0) is 16.7. The number of carbonyl (C=O) groups is 1. The molecule has 0 saturated heterocycles. The van der Waals surface area contributed by atoms with Gasteiger partial charge in [-0.2, -0.15) is 0 Å². The summed E-state index contributed by atoms with van der Waals surface area (Å²) >= 11 is 1.56. The van der Waals surface area contributed by atoms with E-state index in [9.17, 15) is 4.79 Å². The fourth-order valence-corrected chi connectivity index (χ4v) is 4.08. The molecule has 7 nitrogen and oxygen atoms in total. The highest BCUT2D eigenvalue weighted by Crippen LogP contribution is 2.48. The molecule has 0 radical (unpaired) electrons. The summed E-state index contributed by atoms with van der Waals surface area (Å²) in [5.41, 5.74) is 0.957. The summed E-state index contributed by atoms with van der Waals surface area (Å²) in [7, 11) is 1.59. The summed E-state index contributed by atoms with van der Waals surface area (Å²) in [6, 6.07) is 3.83. The molecule has 2 aliphatic heterocycles. The van der Waals surface area contributed by atoms with Crippen molar-refractivity contribution in [1.82, 2.24) is 4.98 Å². The molecule has 0 saturated carbocycles. The molecule has 0 bridgehead atoms. The molecule has 1 amide bonds. The predicted molar refractivity (Wildman–Crippen MR) is 90.5 cm³/mol. The molecule has 1 atom stereocenters. The SMILES string of the molecule is CCNc1nc2c(s1)C(c1cc(OC)c3c(c1)OCO3)CC(=O)N2. The van der Waals surface area contributed by atoms with E-state index in [1.165, 1.54) is 0 Å². The number of thiazole rings is 1. The largest absolute Gasteiger partial charge is 0.493 e. The van der Waals surface area contributed by atoms with E-state index in [1.54, 1.807) is 18.4 Å². The highest BCUT2D eigenvalue weighted by Gasteiger charge is 2.32. The minimum absolute atomic E-state index is 0.0440. The minimum Gasteiger partial charge on any atom is -0.493 e. The Hall–Kier alpha value is -2.48. The van der Waals surface area contributed by atoms with E-state index in [1.807, 2.05) is 19.1 Å². The van der Waals surface area contributed by atoms with Crippen LogP contribution in [0, 0.1) is 0 Å². The van der Waals surface area contributed by atoms with Crippen LogP contribution in [0.25, 0.3) is 0 Å². The third-order valence-corrected chi connectivity index (χ3v) is 5.16. The van der Waals surface area contributed by atoms with Gasteiger partial charge in [-0.15, -0.1) is 0 Å². The maximum Gasteiger partial charge on any atom is 0.231 e. The molecule has 126 valence electrons. The van der Waals surface area contributed by atoms with Gasteiger partial charge in [0.15, 0.2) is 16.6 Å². The number of nitrogens with one attached hydrogen (secondary N) is 2. The number of fused-ring (bicyclic) bond motifs is 2. The monoisotopic (exact) mass is 347 g/mol. The normalized spacial score (nSPS) is 18.1. The van der Waals surface area contributed by atoms with Gasteiger partial charge in [0.05, 0.1) is 12.0 Å². The number of rotatable bonds is 4. The predicted octanol–water partition coefficient (Wildman–Crippen LogP) is 2.79. The van der Waals surface area contributed by atoms with Crippen molar-refractivity contribution in [2.45, 2.75) is 19.3 Å². The smallest absolute Gasteiger partial charge is 0.231 e. The molecule has 0 aliphatic carbocycles. The summed E-state index contributed by atoms with van der Waals surface area (Å²) in [6.07, 6.45) is 0.365. The van der Waals surface area contributed by atoms with E-state index < -0.39 is 0 Å². The van der Waals surface area contributed by atoms with Gasteiger partial charge in [0, 0.05) is 18.9 Å². The van der Waals surface area contributed by atoms with Gasteiger partial charge in [-0.1, -0.05) is 11.3 Å². The number of ether oxygens (including phenoxy) is 3. The molecule has 4 rings (SSSR count). The van der Waals surface area contributed by atoms with Gasteiger partial charge in [-0.25, -0.2) is 4.98 Å². The summed E-state index contributed by atoms with van der Waals surface area (Å²) in [6.45, 7) is 2.97. The van der Waals surface area contributed by atoms with Crippen molar-refractivity contribution in [3.63, 3.8) is 0 Å². The second-order valence-electron chi connectivity index (χ2n) is 5.52. The first-order valence-electron chi connectivity index (χ1n) is 7.71. The quantitative estimate of drug-likeness (QED) is 0.885. The lowest BCUT2D eigenvalue weighted by Gasteiger charge is -2.22. The summed E-state index contributed by atoms with van der Waals surface area (Å²) in [5, 5.41) is 6.86. The Labute approximate surface area is 142 Å². The molecule has 0 spiro atoms. The molecule has 2 N–H and O–H groups in total. The van der Waals surface area contributed by atoms with Crippen LogP contribution in [0.1, 0.15) is 29.7 Å². The van der Waals surface area contributed by atoms with Crippen LogP contribution in [0.3, 0.4) is 0 Å². The lowest BCUT2D eigenvalue weighted by molar-refractivity contribution is -0.116. The molecule has 1 aromatic carbocycles. The van der Waals surface area contributed by atoms with Gasteiger partial charge < -0.3 is 24.8 Å². The average molecular weight is 347 g/mol. The van der Waals surface area contributed by atoms with Crippen LogP contribution in [-0.4, -0.2) is 31.3 Å². The van der Waals surface area contributed by atoms with E-state index >= 15 is 0 Å². The Balaban J connectivity index is 1.78. The molecular weight excluding hydrogens is 330 g/mol. The van der Waals surface area contributed by atoms with Crippen LogP contribution in [-0.2, 0) is 4.79 Å². The van der Waals surface area contributed by atoms with Crippen molar-refractivity contribution in [2.24, 2.45) is 0 Å². The molecule has 1 aromatic heterocycles. The van der Waals surface area contributed by atoms with E-state index in [2.05, 4.69) is 15.6 Å². The Morgan fingerprint density at radius 2 is 2.33 bits per heavy atom. The van der Waals surface area contributed by atoms with Crippen molar-refractivity contribution in [3.05, 3.63) is 22.6 Å². The van der Waals surface area contributed by atoms with Crippen molar-refractivity contribution >= 4 is 28.2 Å². The van der Waals surface area contributed by atoms with Crippen LogP contribution < -0.4 is 24.8 Å². The van der Waals surface area contributed by atoms with Crippen LogP contribution in [0.5, 0.6) is 17.2 Å². The van der Waals surface area contributed by atoms with Gasteiger partial charge in [-0.05, 0) is 24.6 Å². The third kappa shape index (κ3) is 2.43. The van der Waals surface area contributed by atoms with Crippen molar-refractivity contribution in [1.29, 1.82) is 0 Å². The maximum atomic E-state index is 12.1. The molecule has 2 aliphatic rings. The standard InChI is InChI=1S/C16H17N3O4S/c1-3-17-16-19-15-14(24-16)9(6-12(20)18-15)8-4-10(21-2)13-11(5-8)22-7-23-13/h4-5,9H,3,6-7H2,1-2H3,(H,17,19)(H,18,20). The zero-order valence-electron chi connectivity index (χ0n) is 13.3. The van der Waals surface area contributed by atoms with Crippen molar-refractivity contribution in [2.75, 3.05) is 31.1 Å². The maximum absolute atomic E-state index is 12.1. The van der Waals surface area contributed by atoms with Gasteiger partial charge in [0.1, 0.15) is 5.82 Å². The molecule has 0 fully saturated rings. The van der Waals surface area contributed by atoms with Gasteiger partial charge >= 0.3 is 0 Å². The summed E-state index contributed by atoms with van der Waals surface area (Å²) < 4.78 is 16.4. The number of nitrogens with zero attached hydrogens (tertiary/aromatic N) is 1. The fraction of sp³-hybridized carbons (Fsp3) is 0.375. The van der Waals surface area contributed by atoms with Crippen molar-refractivity contribution < 1.29 is 19.0 Å². The lowest BCUT2D eigenvalue weighted by atomic mass is 9.91. The van der Waals surface area contributed by atoms with E-state index in [-0.39, 0.29) is 18.6 Å². The molecule has 8 heteroatoms. The highest BCUT2D eigenvalue weighted by molar-refractivity contribution is 7.16. The average Bonchev–Trinajstić information content (AvgIpc) is 3.19. The zero-order valence-corrected chi connectivity index (χ0v) is 14.2. The third-order valence-electron chi connectivity index (χ3n) is 4.03. The second-order valence-corrected chi connectivity index (χ2v) is 6.55. The molecule has 24 heavy (non-hydrogen) atoms. The van der Waals surface area contributed by atoms with Gasteiger partial charge in [0.2, 0.25) is 18.4 Å². The summed E-state index contributed by atoms with van der Waals surface area (Å²) in [5.74, 6) is 2.38. The molecule has 3 heterocycles. The number of hydrogen-bond acceptors (Lipinski definition) is 7. The first-order chi connectivity index (χ1) is 11.7.